The lowest BCUT2D eigenvalue weighted by atomic mass is 10.0. The number of rotatable bonds is 7. The van der Waals surface area contributed by atoms with Crippen LogP contribution in [0.25, 0.3) is 22.4 Å². The molecule has 2 aromatic carbocycles. The number of para-hydroxylation sites is 1. The molecule has 0 spiro atoms. The number of hydrogen-bond acceptors (Lipinski definition) is 5. The molecule has 2 aromatic heterocycles. The molecule has 2 heterocycles. The summed E-state index contributed by atoms with van der Waals surface area (Å²) in [6.45, 7) is 0.463. The predicted octanol–water partition coefficient (Wildman–Crippen LogP) is 4.54. The lowest BCUT2D eigenvalue weighted by Gasteiger charge is -2.25. The second-order valence-electron chi connectivity index (χ2n) is 7.51. The molecule has 0 bridgehead atoms. The maximum absolute atomic E-state index is 13.2. The number of aromatic nitrogens is 1. The average Bonchev–Trinajstić information content (AvgIpc) is 3.33. The SMILES string of the molecule is COc1ccc(C(CNC(=O)c2cc(-c3ccco3)nc3ccccc23)N(C)C)cc1. The van der Waals surface area contributed by atoms with Crippen molar-refractivity contribution in [2.24, 2.45) is 0 Å². The first-order chi connectivity index (χ1) is 15.1. The average molecular weight is 415 g/mol. The number of likely N-dealkylation sites (N-methyl/N-ethyl adjacent to an activating group) is 1. The van der Waals surface area contributed by atoms with Crippen molar-refractivity contribution < 1.29 is 13.9 Å². The van der Waals surface area contributed by atoms with Gasteiger partial charge in [-0.25, -0.2) is 4.98 Å². The summed E-state index contributed by atoms with van der Waals surface area (Å²) in [7, 11) is 5.64. The van der Waals surface area contributed by atoms with Gasteiger partial charge in [0.05, 0.1) is 30.5 Å². The van der Waals surface area contributed by atoms with Crippen molar-refractivity contribution in [2.75, 3.05) is 27.7 Å². The quantitative estimate of drug-likeness (QED) is 0.480. The van der Waals surface area contributed by atoms with E-state index in [4.69, 9.17) is 9.15 Å². The highest BCUT2D eigenvalue weighted by Gasteiger charge is 2.19. The van der Waals surface area contributed by atoms with Gasteiger partial charge in [0, 0.05) is 11.9 Å². The number of pyridine rings is 1. The number of nitrogens with zero attached hydrogens (tertiary/aromatic N) is 2. The third kappa shape index (κ3) is 4.44. The summed E-state index contributed by atoms with van der Waals surface area (Å²) in [5.41, 5.74) is 3.06. The summed E-state index contributed by atoms with van der Waals surface area (Å²) >= 11 is 0. The Kier molecular flexibility index (Phi) is 6.00. The van der Waals surface area contributed by atoms with E-state index in [1.54, 1.807) is 19.4 Å². The van der Waals surface area contributed by atoms with Crippen molar-refractivity contribution in [3.8, 4) is 17.2 Å². The van der Waals surface area contributed by atoms with Crippen LogP contribution in [0.1, 0.15) is 22.0 Å². The zero-order valence-electron chi connectivity index (χ0n) is 17.8. The molecule has 6 heteroatoms. The molecule has 158 valence electrons. The topological polar surface area (TPSA) is 67.6 Å². The molecule has 1 unspecified atom stereocenters. The second-order valence-corrected chi connectivity index (χ2v) is 7.51. The van der Waals surface area contributed by atoms with Gasteiger partial charge in [-0.15, -0.1) is 0 Å². The van der Waals surface area contributed by atoms with Gasteiger partial charge in [0.25, 0.3) is 5.91 Å². The van der Waals surface area contributed by atoms with Gasteiger partial charge in [0.2, 0.25) is 0 Å². The number of ether oxygens (including phenoxy) is 1. The standard InChI is InChI=1S/C25H25N3O3/c1-28(2)23(17-10-12-18(30-3)13-11-17)16-26-25(29)20-15-22(24-9-6-14-31-24)27-21-8-5-4-7-19(20)21/h4-15,23H,16H2,1-3H3,(H,26,29). The van der Waals surface area contributed by atoms with Gasteiger partial charge in [-0.05, 0) is 56.1 Å². The second kappa shape index (κ2) is 9.02. The van der Waals surface area contributed by atoms with Gasteiger partial charge in [0.15, 0.2) is 5.76 Å². The van der Waals surface area contributed by atoms with Crippen LogP contribution in [0, 0.1) is 0 Å². The summed E-state index contributed by atoms with van der Waals surface area (Å²) in [6, 6.07) is 21.0. The number of carbonyl (C=O) groups is 1. The third-order valence-electron chi connectivity index (χ3n) is 5.31. The summed E-state index contributed by atoms with van der Waals surface area (Å²) in [5, 5.41) is 3.91. The van der Waals surface area contributed by atoms with Crippen LogP contribution >= 0.6 is 0 Å². The van der Waals surface area contributed by atoms with Gasteiger partial charge in [-0.1, -0.05) is 30.3 Å². The fourth-order valence-corrected chi connectivity index (χ4v) is 3.62. The van der Waals surface area contributed by atoms with Gasteiger partial charge >= 0.3 is 0 Å². The minimum Gasteiger partial charge on any atom is -0.497 e. The first-order valence-electron chi connectivity index (χ1n) is 10.1. The normalized spacial score (nSPS) is 12.1. The van der Waals surface area contributed by atoms with Crippen LogP contribution in [0.15, 0.2) is 77.4 Å². The van der Waals surface area contributed by atoms with E-state index in [1.807, 2.05) is 74.8 Å². The van der Waals surface area contributed by atoms with Crippen LogP contribution in [-0.4, -0.2) is 43.5 Å². The molecule has 0 radical (unpaired) electrons. The predicted molar refractivity (Wildman–Crippen MR) is 121 cm³/mol. The molecule has 4 aromatic rings. The van der Waals surface area contributed by atoms with Gasteiger partial charge in [0.1, 0.15) is 11.4 Å². The van der Waals surface area contributed by atoms with Crippen LogP contribution in [0.5, 0.6) is 5.75 Å². The Morgan fingerprint density at radius 2 is 1.87 bits per heavy atom. The summed E-state index contributed by atoms with van der Waals surface area (Å²) < 4.78 is 10.7. The van der Waals surface area contributed by atoms with E-state index in [1.165, 1.54) is 0 Å². The van der Waals surface area contributed by atoms with E-state index in [2.05, 4.69) is 15.2 Å². The molecular weight excluding hydrogens is 390 g/mol. The van der Waals surface area contributed by atoms with Crippen LogP contribution < -0.4 is 10.1 Å². The molecule has 0 fully saturated rings. The number of hydrogen-bond donors (Lipinski definition) is 1. The fraction of sp³-hybridized carbons (Fsp3) is 0.200. The minimum absolute atomic E-state index is 0.0208. The Hall–Kier alpha value is -3.64. The molecule has 0 saturated carbocycles. The molecule has 0 aliphatic rings. The Balaban J connectivity index is 1.61. The first-order valence-corrected chi connectivity index (χ1v) is 10.1. The highest BCUT2D eigenvalue weighted by Crippen LogP contribution is 2.26. The van der Waals surface area contributed by atoms with Crippen molar-refractivity contribution in [3.05, 3.63) is 84.1 Å². The Bertz CT molecular complexity index is 1170. The Labute approximate surface area is 181 Å². The number of methoxy groups -OCH3 is 1. The third-order valence-corrected chi connectivity index (χ3v) is 5.31. The largest absolute Gasteiger partial charge is 0.497 e. The van der Waals surface area contributed by atoms with Gasteiger partial charge < -0.3 is 19.4 Å². The van der Waals surface area contributed by atoms with Crippen molar-refractivity contribution in [3.63, 3.8) is 0 Å². The highest BCUT2D eigenvalue weighted by atomic mass is 16.5. The summed E-state index contributed by atoms with van der Waals surface area (Å²) in [6.07, 6.45) is 1.60. The molecule has 0 aliphatic heterocycles. The number of carbonyl (C=O) groups excluding carboxylic acids is 1. The van der Waals surface area contributed by atoms with Crippen molar-refractivity contribution >= 4 is 16.8 Å². The fourth-order valence-electron chi connectivity index (χ4n) is 3.62. The van der Waals surface area contributed by atoms with E-state index < -0.39 is 0 Å². The van der Waals surface area contributed by atoms with E-state index >= 15 is 0 Å². The zero-order chi connectivity index (χ0) is 21.8. The lowest BCUT2D eigenvalue weighted by molar-refractivity contribution is 0.0943. The highest BCUT2D eigenvalue weighted by molar-refractivity contribution is 6.07. The molecular formula is C25H25N3O3. The Morgan fingerprint density at radius 1 is 1.10 bits per heavy atom. The van der Waals surface area contributed by atoms with Crippen LogP contribution in [-0.2, 0) is 0 Å². The molecule has 0 aliphatic carbocycles. The minimum atomic E-state index is -0.147. The molecule has 0 saturated heterocycles. The number of amides is 1. The van der Waals surface area contributed by atoms with Crippen LogP contribution in [0.2, 0.25) is 0 Å². The van der Waals surface area contributed by atoms with Crippen LogP contribution in [0.4, 0.5) is 0 Å². The molecule has 1 N–H and O–H groups in total. The lowest BCUT2D eigenvalue weighted by Crippen LogP contribution is -2.34. The number of fused-ring (bicyclic) bond motifs is 1. The first kappa shape index (κ1) is 20.6. The van der Waals surface area contributed by atoms with Gasteiger partial charge in [-0.2, -0.15) is 0 Å². The van der Waals surface area contributed by atoms with E-state index in [0.29, 0.717) is 23.6 Å². The van der Waals surface area contributed by atoms with Crippen LogP contribution in [0.3, 0.4) is 0 Å². The Morgan fingerprint density at radius 3 is 2.55 bits per heavy atom. The molecule has 1 amide bonds. The van der Waals surface area contributed by atoms with Crippen molar-refractivity contribution in [2.45, 2.75) is 6.04 Å². The maximum atomic E-state index is 13.2. The maximum Gasteiger partial charge on any atom is 0.252 e. The van der Waals surface area contributed by atoms with E-state index in [9.17, 15) is 4.79 Å². The molecule has 4 rings (SSSR count). The number of furan rings is 1. The van der Waals surface area contributed by atoms with E-state index in [-0.39, 0.29) is 11.9 Å². The molecule has 31 heavy (non-hydrogen) atoms. The zero-order valence-corrected chi connectivity index (χ0v) is 17.8. The molecule has 1 atom stereocenters. The van der Waals surface area contributed by atoms with Crippen molar-refractivity contribution in [1.29, 1.82) is 0 Å². The number of benzene rings is 2. The molecule has 6 nitrogen and oxygen atoms in total. The smallest absolute Gasteiger partial charge is 0.252 e. The van der Waals surface area contributed by atoms with E-state index in [0.717, 1.165) is 22.2 Å². The number of nitrogens with one attached hydrogen (secondary N) is 1. The monoisotopic (exact) mass is 415 g/mol. The van der Waals surface area contributed by atoms with Crippen molar-refractivity contribution in [1.82, 2.24) is 15.2 Å². The summed E-state index contributed by atoms with van der Waals surface area (Å²) in [4.78, 5) is 20.0. The summed E-state index contributed by atoms with van der Waals surface area (Å²) in [5.74, 6) is 1.29. The van der Waals surface area contributed by atoms with Gasteiger partial charge in [-0.3, -0.25) is 4.79 Å².